The zero-order valence-corrected chi connectivity index (χ0v) is 12.1. The van der Waals surface area contributed by atoms with Gasteiger partial charge in [0.25, 0.3) is 0 Å². The highest BCUT2D eigenvalue weighted by molar-refractivity contribution is 7.99. The third-order valence-corrected chi connectivity index (χ3v) is 4.56. The van der Waals surface area contributed by atoms with Crippen LogP contribution in [0, 0.1) is 0 Å². The Kier molecular flexibility index (Phi) is 4.95. The molecule has 18 heavy (non-hydrogen) atoms. The number of hydrogen-bond acceptors (Lipinski definition) is 3. The number of fused-ring (bicyclic) bond motifs is 1. The van der Waals surface area contributed by atoms with Crippen molar-refractivity contribution in [1.82, 2.24) is 5.32 Å². The van der Waals surface area contributed by atoms with Gasteiger partial charge in [0.2, 0.25) is 0 Å². The first-order valence-electron chi connectivity index (χ1n) is 6.87. The number of phenolic OH excluding ortho intramolecular Hbond substituents is 1. The number of rotatable bonds is 6. The van der Waals surface area contributed by atoms with Gasteiger partial charge in [-0.05, 0) is 54.9 Å². The molecule has 0 saturated carbocycles. The minimum atomic E-state index is 0.425. The van der Waals surface area contributed by atoms with Crippen molar-refractivity contribution in [3.8, 4) is 5.75 Å². The molecule has 2 rings (SSSR count). The Morgan fingerprint density at radius 1 is 1.50 bits per heavy atom. The first-order valence-corrected chi connectivity index (χ1v) is 8.02. The lowest BCUT2D eigenvalue weighted by Gasteiger charge is -2.20. The smallest absolute Gasteiger partial charge is 0.119 e. The van der Waals surface area contributed by atoms with E-state index in [1.807, 2.05) is 17.8 Å². The molecule has 1 aliphatic carbocycles. The van der Waals surface area contributed by atoms with Gasteiger partial charge in [-0.3, -0.25) is 0 Å². The van der Waals surface area contributed by atoms with Crippen molar-refractivity contribution in [2.45, 2.75) is 45.2 Å². The van der Waals surface area contributed by atoms with Crippen LogP contribution >= 0.6 is 11.8 Å². The van der Waals surface area contributed by atoms with Crippen LogP contribution < -0.4 is 5.32 Å². The van der Waals surface area contributed by atoms with Gasteiger partial charge in [0, 0.05) is 12.1 Å². The molecule has 0 amide bonds. The van der Waals surface area contributed by atoms with E-state index in [-0.39, 0.29) is 0 Å². The number of thioether (sulfide) groups is 1. The number of benzene rings is 1. The molecule has 3 heteroatoms. The maximum atomic E-state index is 9.83. The predicted molar refractivity (Wildman–Crippen MR) is 79.4 cm³/mol. The fourth-order valence-corrected chi connectivity index (χ4v) is 3.45. The molecular weight excluding hydrogens is 242 g/mol. The van der Waals surface area contributed by atoms with Gasteiger partial charge in [0.05, 0.1) is 0 Å². The molecular formula is C15H23NOS. The normalized spacial score (nSPS) is 19.8. The standard InChI is InChI=1S/C15H23NOS/c1-3-18-10-9-11(2)16-14-8-7-13-12(14)5-4-6-15(13)17/h4-6,11,14,16-17H,3,7-10H2,1-2H3. The topological polar surface area (TPSA) is 32.3 Å². The second-order valence-corrected chi connectivity index (χ2v) is 6.38. The van der Waals surface area contributed by atoms with Crippen LogP contribution in [0.4, 0.5) is 0 Å². The fraction of sp³-hybridized carbons (Fsp3) is 0.600. The molecule has 0 fully saturated rings. The number of nitrogens with one attached hydrogen (secondary N) is 1. The molecule has 1 aromatic rings. The Morgan fingerprint density at radius 3 is 3.11 bits per heavy atom. The van der Waals surface area contributed by atoms with Crippen LogP contribution in [0.2, 0.25) is 0 Å². The number of phenols is 1. The zero-order valence-electron chi connectivity index (χ0n) is 11.3. The van der Waals surface area contributed by atoms with Gasteiger partial charge in [-0.25, -0.2) is 0 Å². The molecule has 1 aromatic carbocycles. The van der Waals surface area contributed by atoms with Crippen molar-refractivity contribution < 1.29 is 5.11 Å². The molecule has 0 aliphatic heterocycles. The Bertz CT molecular complexity index is 394. The van der Waals surface area contributed by atoms with Crippen LogP contribution in [0.1, 0.15) is 43.9 Å². The summed E-state index contributed by atoms with van der Waals surface area (Å²) >= 11 is 2.00. The molecule has 0 bridgehead atoms. The Labute approximate surface area is 114 Å². The molecule has 0 saturated heterocycles. The largest absolute Gasteiger partial charge is 0.508 e. The first-order chi connectivity index (χ1) is 8.72. The Balaban J connectivity index is 1.91. The van der Waals surface area contributed by atoms with Crippen molar-refractivity contribution in [2.75, 3.05) is 11.5 Å². The molecule has 0 heterocycles. The van der Waals surface area contributed by atoms with Crippen molar-refractivity contribution in [3.63, 3.8) is 0 Å². The van der Waals surface area contributed by atoms with E-state index in [9.17, 15) is 5.11 Å². The number of hydrogen-bond donors (Lipinski definition) is 2. The van der Waals surface area contributed by atoms with E-state index >= 15 is 0 Å². The lowest BCUT2D eigenvalue weighted by atomic mass is 10.1. The van der Waals surface area contributed by atoms with Gasteiger partial charge in [-0.1, -0.05) is 19.1 Å². The zero-order chi connectivity index (χ0) is 13.0. The highest BCUT2D eigenvalue weighted by Crippen LogP contribution is 2.36. The molecule has 0 aromatic heterocycles. The van der Waals surface area contributed by atoms with E-state index in [1.54, 1.807) is 6.07 Å². The minimum absolute atomic E-state index is 0.425. The Hall–Kier alpha value is -0.670. The average molecular weight is 265 g/mol. The van der Waals surface area contributed by atoms with Crippen LogP contribution in [0.15, 0.2) is 18.2 Å². The van der Waals surface area contributed by atoms with Crippen LogP contribution in [0.3, 0.4) is 0 Å². The van der Waals surface area contributed by atoms with Crippen molar-refractivity contribution in [2.24, 2.45) is 0 Å². The predicted octanol–water partition coefficient (Wildman–Crippen LogP) is 3.50. The SMILES string of the molecule is CCSCCC(C)NC1CCc2c(O)cccc21. The molecule has 100 valence electrons. The molecule has 2 N–H and O–H groups in total. The summed E-state index contributed by atoms with van der Waals surface area (Å²) in [6.45, 7) is 4.47. The van der Waals surface area contributed by atoms with Gasteiger partial charge in [-0.15, -0.1) is 0 Å². The third-order valence-electron chi connectivity index (χ3n) is 3.63. The molecule has 2 nitrogen and oxygen atoms in total. The average Bonchev–Trinajstić information content (AvgIpc) is 2.74. The minimum Gasteiger partial charge on any atom is -0.508 e. The monoisotopic (exact) mass is 265 g/mol. The van der Waals surface area contributed by atoms with Crippen LogP contribution in [0.5, 0.6) is 5.75 Å². The summed E-state index contributed by atoms with van der Waals surface area (Å²) in [6, 6.07) is 6.86. The summed E-state index contributed by atoms with van der Waals surface area (Å²) in [7, 11) is 0. The number of aromatic hydroxyl groups is 1. The van der Waals surface area contributed by atoms with E-state index in [1.165, 1.54) is 23.5 Å². The third kappa shape index (κ3) is 3.21. The van der Waals surface area contributed by atoms with Crippen molar-refractivity contribution in [3.05, 3.63) is 29.3 Å². The summed E-state index contributed by atoms with van der Waals surface area (Å²) in [4.78, 5) is 0. The lowest BCUT2D eigenvalue weighted by molar-refractivity contribution is 0.446. The highest BCUT2D eigenvalue weighted by atomic mass is 32.2. The second-order valence-electron chi connectivity index (χ2n) is 4.99. The summed E-state index contributed by atoms with van der Waals surface area (Å²) in [5.74, 6) is 2.89. The van der Waals surface area contributed by atoms with Gasteiger partial charge < -0.3 is 10.4 Å². The highest BCUT2D eigenvalue weighted by Gasteiger charge is 2.25. The van der Waals surface area contributed by atoms with Crippen LogP contribution in [-0.4, -0.2) is 22.7 Å². The molecule has 2 atom stereocenters. The summed E-state index contributed by atoms with van der Waals surface area (Å²) < 4.78 is 0. The molecule has 0 spiro atoms. The van der Waals surface area contributed by atoms with E-state index in [4.69, 9.17) is 0 Å². The first kappa shape index (κ1) is 13.8. The second kappa shape index (κ2) is 6.48. The summed E-state index contributed by atoms with van der Waals surface area (Å²) in [5.41, 5.74) is 2.44. The van der Waals surface area contributed by atoms with Gasteiger partial charge in [0.1, 0.15) is 5.75 Å². The van der Waals surface area contributed by atoms with Crippen molar-refractivity contribution in [1.29, 1.82) is 0 Å². The van der Waals surface area contributed by atoms with Crippen LogP contribution in [-0.2, 0) is 6.42 Å². The van der Waals surface area contributed by atoms with Crippen LogP contribution in [0.25, 0.3) is 0 Å². The fourth-order valence-electron chi connectivity index (χ4n) is 2.64. The summed E-state index contributed by atoms with van der Waals surface area (Å²) in [5, 5.41) is 13.5. The maximum absolute atomic E-state index is 9.83. The van der Waals surface area contributed by atoms with Gasteiger partial charge in [0.15, 0.2) is 0 Å². The maximum Gasteiger partial charge on any atom is 0.119 e. The summed E-state index contributed by atoms with van der Waals surface area (Å²) in [6.07, 6.45) is 3.32. The van der Waals surface area contributed by atoms with Gasteiger partial charge >= 0.3 is 0 Å². The quantitative estimate of drug-likeness (QED) is 0.772. The Morgan fingerprint density at radius 2 is 2.33 bits per heavy atom. The molecule has 1 aliphatic rings. The van der Waals surface area contributed by atoms with E-state index in [0.29, 0.717) is 17.8 Å². The molecule has 2 unspecified atom stereocenters. The van der Waals surface area contributed by atoms with E-state index in [0.717, 1.165) is 18.4 Å². The van der Waals surface area contributed by atoms with E-state index < -0.39 is 0 Å². The molecule has 0 radical (unpaired) electrons. The lowest BCUT2D eigenvalue weighted by Crippen LogP contribution is -2.29. The van der Waals surface area contributed by atoms with Crippen molar-refractivity contribution >= 4 is 11.8 Å². The van der Waals surface area contributed by atoms with Gasteiger partial charge in [-0.2, -0.15) is 11.8 Å². The van der Waals surface area contributed by atoms with E-state index in [2.05, 4.69) is 25.2 Å².